The lowest BCUT2D eigenvalue weighted by Crippen LogP contribution is -2.10. The van der Waals surface area contributed by atoms with Crippen LogP contribution in [0.5, 0.6) is 0 Å². The summed E-state index contributed by atoms with van der Waals surface area (Å²) in [4.78, 5) is 12.0. The maximum Gasteiger partial charge on any atom is 0.189 e. The molecular formula is C17H16Cl2O2. The van der Waals surface area contributed by atoms with Gasteiger partial charge in [0.05, 0.1) is 5.02 Å². The quantitative estimate of drug-likeness (QED) is 0.539. The van der Waals surface area contributed by atoms with Gasteiger partial charge < -0.3 is 4.74 Å². The highest BCUT2D eigenvalue weighted by Crippen LogP contribution is 2.21. The zero-order valence-corrected chi connectivity index (χ0v) is 13.0. The van der Waals surface area contributed by atoms with Gasteiger partial charge in [0.15, 0.2) is 5.78 Å². The molecule has 21 heavy (non-hydrogen) atoms. The van der Waals surface area contributed by atoms with Crippen LogP contribution in [-0.4, -0.2) is 19.0 Å². The van der Waals surface area contributed by atoms with E-state index in [-0.39, 0.29) is 12.4 Å². The number of ketones is 1. The molecule has 0 spiro atoms. The summed E-state index contributed by atoms with van der Waals surface area (Å²) >= 11 is 11.8. The molecule has 0 aliphatic carbocycles. The predicted octanol–water partition coefficient (Wildman–Crippen LogP) is 4.83. The van der Waals surface area contributed by atoms with Crippen molar-refractivity contribution >= 4 is 29.0 Å². The van der Waals surface area contributed by atoms with Crippen molar-refractivity contribution in [1.29, 1.82) is 0 Å². The summed E-state index contributed by atoms with van der Waals surface area (Å²) in [5.74, 6) is -0.128. The lowest BCUT2D eigenvalue weighted by atomic mass is 10.1. The van der Waals surface area contributed by atoms with E-state index in [0.29, 0.717) is 22.2 Å². The molecule has 0 saturated carbocycles. The van der Waals surface area contributed by atoms with Gasteiger partial charge in [0, 0.05) is 17.2 Å². The Morgan fingerprint density at radius 3 is 2.52 bits per heavy atom. The van der Waals surface area contributed by atoms with E-state index in [4.69, 9.17) is 27.9 Å². The molecule has 0 heterocycles. The standard InChI is InChI=1S/C17H16Cl2O2/c18-14-8-9-15(16(19)11-14)17(20)12-21-10-4-7-13-5-2-1-3-6-13/h1-3,5-6,8-9,11H,4,7,10,12H2. The number of hydrogen-bond acceptors (Lipinski definition) is 2. The normalized spacial score (nSPS) is 10.6. The molecule has 0 aliphatic rings. The fourth-order valence-electron chi connectivity index (χ4n) is 1.98. The van der Waals surface area contributed by atoms with Gasteiger partial charge in [-0.15, -0.1) is 0 Å². The molecule has 0 aliphatic heterocycles. The molecule has 0 N–H and O–H groups in total. The third kappa shape index (κ3) is 5.16. The molecular weight excluding hydrogens is 307 g/mol. The number of aryl methyl sites for hydroxylation is 1. The number of ether oxygens (including phenoxy) is 1. The number of Topliss-reactive ketones (excluding diaryl/α,β-unsaturated/α-hetero) is 1. The number of carbonyl (C=O) groups excluding carboxylic acids is 1. The van der Waals surface area contributed by atoms with Crippen LogP contribution in [0.1, 0.15) is 22.3 Å². The molecule has 0 unspecified atom stereocenters. The van der Waals surface area contributed by atoms with Crippen molar-refractivity contribution in [3.63, 3.8) is 0 Å². The topological polar surface area (TPSA) is 26.3 Å². The molecule has 0 amide bonds. The van der Waals surface area contributed by atoms with Crippen LogP contribution in [0.2, 0.25) is 10.0 Å². The van der Waals surface area contributed by atoms with Crippen molar-refractivity contribution in [2.45, 2.75) is 12.8 Å². The third-order valence-corrected chi connectivity index (χ3v) is 3.61. The molecule has 2 aromatic rings. The van der Waals surface area contributed by atoms with Crippen LogP contribution in [0, 0.1) is 0 Å². The minimum absolute atomic E-state index is 0.0378. The first-order valence-corrected chi connectivity index (χ1v) is 7.52. The average Bonchev–Trinajstić information content (AvgIpc) is 2.47. The van der Waals surface area contributed by atoms with Crippen LogP contribution < -0.4 is 0 Å². The van der Waals surface area contributed by atoms with Crippen molar-refractivity contribution in [2.24, 2.45) is 0 Å². The van der Waals surface area contributed by atoms with Crippen molar-refractivity contribution < 1.29 is 9.53 Å². The first-order chi connectivity index (χ1) is 10.2. The maximum atomic E-state index is 12.0. The van der Waals surface area contributed by atoms with Gasteiger partial charge in [-0.25, -0.2) is 0 Å². The first kappa shape index (κ1) is 16.0. The Morgan fingerprint density at radius 1 is 1.05 bits per heavy atom. The van der Waals surface area contributed by atoms with E-state index in [1.54, 1.807) is 18.2 Å². The molecule has 0 radical (unpaired) electrons. The zero-order valence-electron chi connectivity index (χ0n) is 11.5. The Labute approximate surface area is 134 Å². The molecule has 110 valence electrons. The van der Waals surface area contributed by atoms with Crippen LogP contribution >= 0.6 is 23.2 Å². The molecule has 4 heteroatoms. The number of benzene rings is 2. The maximum absolute atomic E-state index is 12.0. The van der Waals surface area contributed by atoms with Crippen molar-refractivity contribution in [3.8, 4) is 0 Å². The van der Waals surface area contributed by atoms with E-state index in [0.717, 1.165) is 12.8 Å². The van der Waals surface area contributed by atoms with Gasteiger partial charge in [-0.05, 0) is 36.6 Å². The van der Waals surface area contributed by atoms with Gasteiger partial charge in [0.2, 0.25) is 0 Å². The number of halogens is 2. The summed E-state index contributed by atoms with van der Waals surface area (Å²) in [6.45, 7) is 0.585. The van der Waals surface area contributed by atoms with E-state index in [1.807, 2.05) is 18.2 Å². The highest BCUT2D eigenvalue weighted by molar-refractivity contribution is 6.36. The van der Waals surface area contributed by atoms with Gasteiger partial charge in [-0.3, -0.25) is 4.79 Å². The molecule has 0 aromatic heterocycles. The van der Waals surface area contributed by atoms with Crippen LogP contribution in [0.25, 0.3) is 0 Å². The van der Waals surface area contributed by atoms with Crippen LogP contribution in [-0.2, 0) is 11.2 Å². The van der Waals surface area contributed by atoms with Gasteiger partial charge in [-0.2, -0.15) is 0 Å². The second-order valence-electron chi connectivity index (χ2n) is 4.69. The van der Waals surface area contributed by atoms with Gasteiger partial charge >= 0.3 is 0 Å². The Kier molecular flexibility index (Phi) is 6.24. The minimum Gasteiger partial charge on any atom is -0.373 e. The van der Waals surface area contributed by atoms with E-state index >= 15 is 0 Å². The van der Waals surface area contributed by atoms with Crippen LogP contribution in [0.15, 0.2) is 48.5 Å². The second kappa shape index (κ2) is 8.18. The molecule has 2 aromatic carbocycles. The largest absolute Gasteiger partial charge is 0.373 e. The fourth-order valence-corrected chi connectivity index (χ4v) is 2.50. The van der Waals surface area contributed by atoms with Gasteiger partial charge in [0.25, 0.3) is 0 Å². The van der Waals surface area contributed by atoms with E-state index in [9.17, 15) is 4.79 Å². The van der Waals surface area contributed by atoms with E-state index in [1.165, 1.54) is 5.56 Å². The summed E-state index contributed by atoms with van der Waals surface area (Å²) in [7, 11) is 0. The second-order valence-corrected chi connectivity index (χ2v) is 5.53. The Morgan fingerprint density at radius 2 is 1.81 bits per heavy atom. The van der Waals surface area contributed by atoms with Gasteiger partial charge in [-0.1, -0.05) is 53.5 Å². The van der Waals surface area contributed by atoms with E-state index < -0.39 is 0 Å². The highest BCUT2D eigenvalue weighted by atomic mass is 35.5. The Bertz CT molecular complexity index is 597. The van der Waals surface area contributed by atoms with Gasteiger partial charge in [0.1, 0.15) is 6.61 Å². The molecule has 0 bridgehead atoms. The minimum atomic E-state index is -0.128. The predicted molar refractivity (Wildman–Crippen MR) is 86.4 cm³/mol. The molecule has 2 rings (SSSR count). The average molecular weight is 323 g/mol. The smallest absolute Gasteiger partial charge is 0.189 e. The number of rotatable bonds is 7. The van der Waals surface area contributed by atoms with Crippen molar-refractivity contribution in [2.75, 3.05) is 13.2 Å². The fraction of sp³-hybridized carbons (Fsp3) is 0.235. The lowest BCUT2D eigenvalue weighted by Gasteiger charge is -2.06. The Hall–Kier alpha value is -1.35. The molecule has 0 saturated heterocycles. The molecule has 2 nitrogen and oxygen atoms in total. The summed E-state index contributed by atoms with van der Waals surface area (Å²) in [5.41, 5.74) is 1.72. The SMILES string of the molecule is O=C(COCCCc1ccccc1)c1ccc(Cl)cc1Cl. The van der Waals surface area contributed by atoms with Crippen LogP contribution in [0.4, 0.5) is 0 Å². The third-order valence-electron chi connectivity index (χ3n) is 3.06. The lowest BCUT2D eigenvalue weighted by molar-refractivity contribution is 0.0756. The van der Waals surface area contributed by atoms with Crippen molar-refractivity contribution in [3.05, 3.63) is 69.7 Å². The summed E-state index contributed by atoms with van der Waals surface area (Å²) in [6.07, 6.45) is 1.82. The van der Waals surface area contributed by atoms with Crippen molar-refractivity contribution in [1.82, 2.24) is 0 Å². The summed E-state index contributed by atoms with van der Waals surface area (Å²) in [5, 5.41) is 0.876. The van der Waals surface area contributed by atoms with E-state index in [2.05, 4.69) is 12.1 Å². The Balaban J connectivity index is 1.72. The molecule has 0 atom stereocenters. The number of hydrogen-bond donors (Lipinski definition) is 0. The first-order valence-electron chi connectivity index (χ1n) is 6.77. The number of carbonyl (C=O) groups is 1. The zero-order chi connectivity index (χ0) is 15.1. The summed E-state index contributed by atoms with van der Waals surface area (Å²) in [6, 6.07) is 15.0. The monoisotopic (exact) mass is 322 g/mol. The summed E-state index contributed by atoms with van der Waals surface area (Å²) < 4.78 is 5.42. The van der Waals surface area contributed by atoms with Crippen LogP contribution in [0.3, 0.4) is 0 Å². The highest BCUT2D eigenvalue weighted by Gasteiger charge is 2.10. The molecule has 0 fully saturated rings.